The highest BCUT2D eigenvalue weighted by Gasteiger charge is 2.31. The van der Waals surface area contributed by atoms with Crippen molar-refractivity contribution in [2.24, 2.45) is 5.73 Å². The maximum atomic E-state index is 12.4. The van der Waals surface area contributed by atoms with E-state index in [1.54, 1.807) is 20.9 Å². The van der Waals surface area contributed by atoms with Crippen LogP contribution in [0.5, 0.6) is 0 Å². The Morgan fingerprint density at radius 1 is 1.41 bits per heavy atom. The summed E-state index contributed by atoms with van der Waals surface area (Å²) < 4.78 is 22.8. The molecule has 10 heteroatoms. The molecule has 1 atom stereocenters. The molecule has 0 bridgehead atoms. The topological polar surface area (TPSA) is 138 Å². The van der Waals surface area contributed by atoms with E-state index >= 15 is 0 Å². The summed E-state index contributed by atoms with van der Waals surface area (Å²) in [4.78, 5) is 12.8. The maximum Gasteiger partial charge on any atom is 0.344 e. The Bertz CT molecular complexity index is 397. The molecular formula is C12H27N4O5P. The number of carbonyl (C=O) groups is 1. The quantitative estimate of drug-likeness (QED) is 0.178. The predicted molar refractivity (Wildman–Crippen MR) is 84.1 cm³/mol. The fourth-order valence-electron chi connectivity index (χ4n) is 1.93. The molecule has 0 aliphatic rings. The molecule has 0 unspecified atom stereocenters. The average Bonchev–Trinajstić information content (AvgIpc) is 2.37. The number of carboxylic acids is 1. The lowest BCUT2D eigenvalue weighted by atomic mass is 10.1. The summed E-state index contributed by atoms with van der Waals surface area (Å²) in [5.74, 6) is -1.16. The van der Waals surface area contributed by atoms with Crippen LogP contribution >= 0.6 is 7.60 Å². The van der Waals surface area contributed by atoms with Crippen LogP contribution in [0.25, 0.3) is 0 Å². The van der Waals surface area contributed by atoms with Crippen molar-refractivity contribution < 1.29 is 23.5 Å². The van der Waals surface area contributed by atoms with Crippen LogP contribution < -0.4 is 11.1 Å². The number of carboxylic acid groups (broad SMARTS) is 1. The van der Waals surface area contributed by atoms with Crippen molar-refractivity contribution >= 4 is 19.5 Å². The summed E-state index contributed by atoms with van der Waals surface area (Å²) in [5.41, 5.74) is 5.15. The second-order valence-corrected chi connectivity index (χ2v) is 6.70. The Morgan fingerprint density at radius 2 is 1.95 bits per heavy atom. The number of nitrogens with two attached hydrogens (primary N) is 1. The molecule has 0 radical (unpaired) electrons. The highest BCUT2D eigenvalue weighted by atomic mass is 31.2. The summed E-state index contributed by atoms with van der Waals surface area (Å²) in [5, 5.41) is 19.0. The third kappa shape index (κ3) is 8.33. The molecule has 0 spiro atoms. The average molecular weight is 338 g/mol. The number of nitrogens with zero attached hydrogens (tertiary/aromatic N) is 1. The molecule has 22 heavy (non-hydrogen) atoms. The smallest absolute Gasteiger partial charge is 0.344 e. The van der Waals surface area contributed by atoms with Crippen molar-refractivity contribution in [3.8, 4) is 0 Å². The van der Waals surface area contributed by atoms with Gasteiger partial charge in [-0.1, -0.05) is 0 Å². The van der Waals surface area contributed by atoms with Gasteiger partial charge in [0, 0.05) is 6.54 Å². The first kappa shape index (κ1) is 20.9. The lowest BCUT2D eigenvalue weighted by Crippen LogP contribution is -2.40. The predicted octanol–water partition coefficient (Wildman–Crippen LogP) is 0.858. The molecule has 9 nitrogen and oxygen atoms in total. The molecular weight excluding hydrogens is 311 g/mol. The number of hydrogen-bond donors (Lipinski definition) is 4. The summed E-state index contributed by atoms with van der Waals surface area (Å²) in [6, 6.07) is -0.817. The van der Waals surface area contributed by atoms with Crippen LogP contribution in [0, 0.1) is 5.41 Å². The van der Waals surface area contributed by atoms with Crippen molar-refractivity contribution in [3.63, 3.8) is 0 Å². The zero-order valence-electron chi connectivity index (χ0n) is 13.4. The van der Waals surface area contributed by atoms with Crippen LogP contribution in [0.15, 0.2) is 0 Å². The van der Waals surface area contributed by atoms with Gasteiger partial charge in [-0.3, -0.25) is 19.7 Å². The molecule has 130 valence electrons. The Hall–Kier alpha value is -1.15. The van der Waals surface area contributed by atoms with Gasteiger partial charge in [-0.2, -0.15) is 0 Å². The lowest BCUT2D eigenvalue weighted by molar-refractivity contribution is -0.142. The monoisotopic (exact) mass is 338 g/mol. The summed E-state index contributed by atoms with van der Waals surface area (Å²) in [6.07, 6.45) is 0.741. The third-order valence-corrected chi connectivity index (χ3v) is 4.93. The Balaban J connectivity index is 4.63. The summed E-state index contributed by atoms with van der Waals surface area (Å²) >= 11 is 0. The van der Waals surface area contributed by atoms with Crippen molar-refractivity contribution in [2.45, 2.75) is 32.7 Å². The van der Waals surface area contributed by atoms with Crippen LogP contribution in [0.3, 0.4) is 0 Å². The molecule has 0 amide bonds. The number of nitrogens with one attached hydrogen (secondary N) is 2. The first-order valence-corrected chi connectivity index (χ1v) is 8.87. The van der Waals surface area contributed by atoms with Crippen molar-refractivity contribution in [3.05, 3.63) is 0 Å². The van der Waals surface area contributed by atoms with E-state index in [1.807, 2.05) is 0 Å². The van der Waals surface area contributed by atoms with Crippen LogP contribution in [-0.4, -0.2) is 61.1 Å². The first-order valence-electron chi connectivity index (χ1n) is 7.14. The minimum absolute atomic E-state index is 0.0915. The van der Waals surface area contributed by atoms with Gasteiger partial charge < -0.3 is 25.2 Å². The molecule has 5 N–H and O–H groups in total. The third-order valence-electron chi connectivity index (χ3n) is 2.83. The molecule has 0 saturated carbocycles. The minimum Gasteiger partial charge on any atom is -0.480 e. The van der Waals surface area contributed by atoms with E-state index in [0.29, 0.717) is 19.4 Å². The molecule has 0 aromatic carbocycles. The molecule has 0 aliphatic heterocycles. The van der Waals surface area contributed by atoms with Gasteiger partial charge in [0.15, 0.2) is 5.96 Å². The number of likely N-dealkylation sites (N-methyl/N-ethyl adjacent to an activating group) is 1. The summed E-state index contributed by atoms with van der Waals surface area (Å²) in [7, 11) is -1.76. The van der Waals surface area contributed by atoms with Crippen molar-refractivity contribution in [1.82, 2.24) is 10.2 Å². The van der Waals surface area contributed by atoms with Gasteiger partial charge in [-0.15, -0.1) is 0 Å². The molecule has 0 aromatic rings. The maximum absolute atomic E-state index is 12.4. The van der Waals surface area contributed by atoms with E-state index in [-0.39, 0.29) is 25.5 Å². The van der Waals surface area contributed by atoms with E-state index in [0.717, 1.165) is 0 Å². The normalized spacial score (nSPS) is 13.1. The second kappa shape index (κ2) is 10.6. The highest BCUT2D eigenvalue weighted by Crippen LogP contribution is 2.48. The highest BCUT2D eigenvalue weighted by molar-refractivity contribution is 7.53. The Morgan fingerprint density at radius 3 is 2.36 bits per heavy atom. The minimum atomic E-state index is -3.33. The van der Waals surface area contributed by atoms with Crippen LogP contribution in [0.1, 0.15) is 26.7 Å². The van der Waals surface area contributed by atoms with Crippen molar-refractivity contribution in [2.75, 3.05) is 33.1 Å². The molecule has 0 fully saturated rings. The first-order chi connectivity index (χ1) is 10.3. The Kier molecular flexibility index (Phi) is 10.0. The number of aliphatic carboxylic acids is 1. The van der Waals surface area contributed by atoms with Crippen molar-refractivity contribution in [1.29, 1.82) is 5.41 Å². The molecule has 0 heterocycles. The SMILES string of the molecule is CCOP(=O)(CN(C)[C@@H](CCCNC(=N)N)C(=O)O)OCC. The number of rotatable bonds is 12. The fraction of sp³-hybridized carbons (Fsp3) is 0.833. The zero-order chi connectivity index (χ0) is 17.2. The van der Waals surface area contributed by atoms with Gasteiger partial charge in [-0.05, 0) is 33.7 Å². The zero-order valence-corrected chi connectivity index (χ0v) is 14.3. The van der Waals surface area contributed by atoms with Crippen LogP contribution in [-0.2, 0) is 18.4 Å². The van der Waals surface area contributed by atoms with Gasteiger partial charge in [0.1, 0.15) is 12.3 Å². The van der Waals surface area contributed by atoms with E-state index in [2.05, 4.69) is 5.32 Å². The Labute approximate surface area is 131 Å². The largest absolute Gasteiger partial charge is 0.480 e. The number of hydrogen-bond acceptors (Lipinski definition) is 6. The van der Waals surface area contributed by atoms with Crippen LogP contribution in [0.2, 0.25) is 0 Å². The lowest BCUT2D eigenvalue weighted by Gasteiger charge is -2.28. The van der Waals surface area contributed by atoms with E-state index in [1.165, 1.54) is 4.90 Å². The van der Waals surface area contributed by atoms with Gasteiger partial charge >= 0.3 is 13.6 Å². The standard InChI is InChI=1S/C12H27N4O5P/c1-4-20-22(19,21-5-2)9-16(3)10(11(17)18)7-6-8-15-12(13)14/h10H,4-9H2,1-3H3,(H,17,18)(H4,13,14,15)/t10-/m0/s1. The fourth-order valence-corrected chi connectivity index (χ4v) is 3.70. The van der Waals surface area contributed by atoms with Gasteiger partial charge in [0.2, 0.25) is 0 Å². The molecule has 0 saturated heterocycles. The van der Waals surface area contributed by atoms with Gasteiger partial charge in [0.25, 0.3) is 0 Å². The van der Waals surface area contributed by atoms with Gasteiger partial charge in [0.05, 0.1) is 13.2 Å². The number of guanidine groups is 1. The second-order valence-electron chi connectivity index (χ2n) is 4.68. The van der Waals surface area contributed by atoms with E-state index in [4.69, 9.17) is 20.2 Å². The molecule has 0 rings (SSSR count). The van der Waals surface area contributed by atoms with Crippen LogP contribution in [0.4, 0.5) is 0 Å². The van der Waals surface area contributed by atoms with E-state index < -0.39 is 19.6 Å². The molecule has 0 aromatic heterocycles. The van der Waals surface area contributed by atoms with Gasteiger partial charge in [-0.25, -0.2) is 0 Å². The van der Waals surface area contributed by atoms with E-state index in [9.17, 15) is 14.5 Å². The summed E-state index contributed by atoms with van der Waals surface area (Å²) in [6.45, 7) is 4.26. The molecule has 0 aliphatic carbocycles.